The van der Waals surface area contributed by atoms with Crippen molar-refractivity contribution in [1.29, 1.82) is 0 Å². The van der Waals surface area contributed by atoms with Gasteiger partial charge >= 0.3 is 0 Å². The summed E-state index contributed by atoms with van der Waals surface area (Å²) in [6.45, 7) is 0.733. The summed E-state index contributed by atoms with van der Waals surface area (Å²) in [5.74, 6) is 0.960. The van der Waals surface area contributed by atoms with Crippen LogP contribution in [-0.4, -0.2) is 21.9 Å². The van der Waals surface area contributed by atoms with Crippen molar-refractivity contribution in [2.24, 2.45) is 0 Å². The van der Waals surface area contributed by atoms with E-state index in [0.29, 0.717) is 17.3 Å². The molecule has 0 aliphatic carbocycles. The molecule has 0 saturated carbocycles. The van der Waals surface area contributed by atoms with Crippen LogP contribution in [0.25, 0.3) is 11.5 Å². The minimum atomic E-state index is -0.0863. The molecule has 1 aromatic heterocycles. The Balaban J connectivity index is 1.94. The van der Waals surface area contributed by atoms with E-state index in [-0.39, 0.29) is 11.9 Å². The summed E-state index contributed by atoms with van der Waals surface area (Å²) in [6.07, 6.45) is 1.83. The van der Waals surface area contributed by atoms with Gasteiger partial charge < -0.3 is 14.4 Å². The van der Waals surface area contributed by atoms with Crippen LogP contribution in [0.15, 0.2) is 27.2 Å². The Morgan fingerprint density at radius 3 is 3.06 bits per heavy atom. The Morgan fingerprint density at radius 1 is 1.39 bits per heavy atom. The van der Waals surface area contributed by atoms with E-state index in [1.807, 2.05) is 0 Å². The lowest BCUT2D eigenvalue weighted by atomic mass is 10.2. The monoisotopic (exact) mass is 310 g/mol. The first-order valence-corrected chi connectivity index (χ1v) is 6.47. The average Bonchev–Trinajstić information content (AvgIpc) is 3.00. The fourth-order valence-electron chi connectivity index (χ4n) is 1.94. The average molecular weight is 311 g/mol. The van der Waals surface area contributed by atoms with E-state index >= 15 is 0 Å². The van der Waals surface area contributed by atoms with Gasteiger partial charge in [-0.2, -0.15) is 4.98 Å². The van der Waals surface area contributed by atoms with Crippen LogP contribution in [0.2, 0.25) is 0 Å². The maximum Gasteiger partial charge on any atom is 0.261 e. The zero-order valence-electron chi connectivity index (χ0n) is 9.47. The number of halogens is 1. The molecule has 0 amide bonds. The van der Waals surface area contributed by atoms with Crippen molar-refractivity contribution in [1.82, 2.24) is 10.1 Å². The molecule has 1 N–H and O–H groups in total. The Morgan fingerprint density at radius 2 is 2.28 bits per heavy atom. The van der Waals surface area contributed by atoms with E-state index in [0.717, 1.165) is 23.9 Å². The second-order valence-corrected chi connectivity index (χ2v) is 5.04. The maximum absolute atomic E-state index is 9.78. The summed E-state index contributed by atoms with van der Waals surface area (Å²) >= 11 is 3.34. The van der Waals surface area contributed by atoms with Crippen molar-refractivity contribution in [2.75, 3.05) is 6.61 Å². The smallest absolute Gasteiger partial charge is 0.261 e. The molecule has 1 fully saturated rings. The molecule has 18 heavy (non-hydrogen) atoms. The first-order valence-electron chi connectivity index (χ1n) is 5.68. The number of ether oxygens (including phenoxy) is 1. The standard InChI is InChI=1S/C12H11BrN2O3/c13-7-3-4-9(16)8(6-7)12-14-11(15-18-12)10-2-1-5-17-10/h3-4,6,10,16H,1-2,5H2. The van der Waals surface area contributed by atoms with Crippen molar-refractivity contribution < 1.29 is 14.4 Å². The van der Waals surface area contributed by atoms with Gasteiger partial charge in [-0.25, -0.2) is 0 Å². The number of hydrogen-bond acceptors (Lipinski definition) is 5. The third-order valence-corrected chi connectivity index (χ3v) is 3.34. The molecule has 1 unspecified atom stereocenters. The largest absolute Gasteiger partial charge is 0.507 e. The zero-order valence-corrected chi connectivity index (χ0v) is 11.1. The molecular weight excluding hydrogens is 300 g/mol. The molecule has 94 valence electrons. The van der Waals surface area contributed by atoms with Crippen LogP contribution in [0, 0.1) is 0 Å². The molecule has 1 aliphatic rings. The summed E-state index contributed by atoms with van der Waals surface area (Å²) in [6, 6.07) is 5.06. The van der Waals surface area contributed by atoms with E-state index in [1.165, 1.54) is 0 Å². The van der Waals surface area contributed by atoms with Crippen LogP contribution in [0.5, 0.6) is 5.75 Å². The third-order valence-electron chi connectivity index (χ3n) is 2.85. The topological polar surface area (TPSA) is 68.4 Å². The Hall–Kier alpha value is -1.40. The first-order chi connectivity index (χ1) is 8.74. The molecular formula is C12H11BrN2O3. The lowest BCUT2D eigenvalue weighted by Gasteiger charge is -2.01. The number of phenolic OH excluding ortho intramolecular Hbond substituents is 1. The first kappa shape index (κ1) is 11.7. The normalized spacial score (nSPS) is 19.3. The molecule has 5 nitrogen and oxygen atoms in total. The van der Waals surface area contributed by atoms with Crippen molar-refractivity contribution in [3.8, 4) is 17.2 Å². The number of phenols is 1. The highest BCUT2D eigenvalue weighted by molar-refractivity contribution is 9.10. The van der Waals surface area contributed by atoms with E-state index in [1.54, 1.807) is 18.2 Å². The molecule has 3 rings (SSSR count). The molecule has 0 radical (unpaired) electrons. The highest BCUT2D eigenvalue weighted by Crippen LogP contribution is 2.33. The number of hydrogen-bond donors (Lipinski definition) is 1. The van der Waals surface area contributed by atoms with Crippen LogP contribution in [-0.2, 0) is 4.74 Å². The predicted molar refractivity (Wildman–Crippen MR) is 67.0 cm³/mol. The maximum atomic E-state index is 9.78. The molecule has 1 aromatic carbocycles. The van der Waals surface area contributed by atoms with Gasteiger partial charge in [-0.3, -0.25) is 0 Å². The lowest BCUT2D eigenvalue weighted by Crippen LogP contribution is -1.97. The van der Waals surface area contributed by atoms with Crippen LogP contribution in [0.3, 0.4) is 0 Å². The predicted octanol–water partition coefficient (Wildman–Crippen LogP) is 3.06. The summed E-state index contributed by atoms with van der Waals surface area (Å²) in [5, 5.41) is 13.7. The summed E-state index contributed by atoms with van der Waals surface area (Å²) in [5.41, 5.74) is 0.515. The van der Waals surface area contributed by atoms with Gasteiger partial charge in [0, 0.05) is 11.1 Å². The number of aromatic nitrogens is 2. The minimum Gasteiger partial charge on any atom is -0.507 e. The van der Waals surface area contributed by atoms with Gasteiger partial charge in [0.2, 0.25) is 5.82 Å². The number of aromatic hydroxyl groups is 1. The molecule has 0 spiro atoms. The van der Waals surface area contributed by atoms with E-state index in [9.17, 15) is 5.11 Å². The Kier molecular flexibility index (Phi) is 3.05. The Labute approximate surface area is 112 Å². The highest BCUT2D eigenvalue weighted by Gasteiger charge is 2.24. The molecule has 1 atom stereocenters. The van der Waals surface area contributed by atoms with Crippen LogP contribution < -0.4 is 0 Å². The van der Waals surface area contributed by atoms with Crippen LogP contribution in [0.1, 0.15) is 24.8 Å². The van der Waals surface area contributed by atoms with Gasteiger partial charge in [-0.1, -0.05) is 21.1 Å². The minimum absolute atomic E-state index is 0.0863. The van der Waals surface area contributed by atoms with Crippen LogP contribution >= 0.6 is 15.9 Å². The number of rotatable bonds is 2. The molecule has 0 bridgehead atoms. The SMILES string of the molecule is Oc1ccc(Br)cc1-c1nc(C2CCCO2)no1. The van der Waals surface area contributed by atoms with E-state index in [4.69, 9.17) is 9.26 Å². The van der Waals surface area contributed by atoms with E-state index in [2.05, 4.69) is 26.1 Å². The van der Waals surface area contributed by atoms with Crippen molar-refractivity contribution in [3.63, 3.8) is 0 Å². The molecule has 2 aromatic rings. The molecule has 2 heterocycles. The van der Waals surface area contributed by atoms with Gasteiger partial charge in [0.05, 0.1) is 5.56 Å². The Bertz CT molecular complexity index is 564. The lowest BCUT2D eigenvalue weighted by molar-refractivity contribution is 0.103. The van der Waals surface area contributed by atoms with Gasteiger partial charge in [-0.05, 0) is 31.0 Å². The second-order valence-electron chi connectivity index (χ2n) is 4.12. The van der Waals surface area contributed by atoms with Gasteiger partial charge in [0.1, 0.15) is 11.9 Å². The van der Waals surface area contributed by atoms with E-state index < -0.39 is 0 Å². The van der Waals surface area contributed by atoms with Crippen LogP contribution in [0.4, 0.5) is 0 Å². The van der Waals surface area contributed by atoms with Gasteiger partial charge in [0.15, 0.2) is 0 Å². The van der Waals surface area contributed by atoms with Crippen molar-refractivity contribution in [3.05, 3.63) is 28.5 Å². The second kappa shape index (κ2) is 4.70. The van der Waals surface area contributed by atoms with Crippen molar-refractivity contribution >= 4 is 15.9 Å². The molecule has 1 saturated heterocycles. The summed E-state index contributed by atoms with van der Waals surface area (Å²) in [4.78, 5) is 4.28. The van der Waals surface area contributed by atoms with Crippen molar-refractivity contribution in [2.45, 2.75) is 18.9 Å². The van der Waals surface area contributed by atoms with Gasteiger partial charge in [-0.15, -0.1) is 0 Å². The summed E-state index contributed by atoms with van der Waals surface area (Å²) < 4.78 is 11.5. The highest BCUT2D eigenvalue weighted by atomic mass is 79.9. The van der Waals surface area contributed by atoms with Gasteiger partial charge in [0.25, 0.3) is 5.89 Å². The quantitative estimate of drug-likeness (QED) is 0.923. The third kappa shape index (κ3) is 2.13. The fraction of sp³-hybridized carbons (Fsp3) is 0.333. The molecule has 6 heteroatoms. The summed E-state index contributed by atoms with van der Waals surface area (Å²) in [7, 11) is 0. The number of benzene rings is 1. The number of nitrogens with zero attached hydrogens (tertiary/aromatic N) is 2. The fourth-order valence-corrected chi connectivity index (χ4v) is 2.30. The molecule has 1 aliphatic heterocycles. The zero-order chi connectivity index (χ0) is 12.5.